The van der Waals surface area contributed by atoms with Crippen molar-refractivity contribution in [3.8, 4) is 23.0 Å². The van der Waals surface area contributed by atoms with Gasteiger partial charge in [0.25, 0.3) is 0 Å². The summed E-state index contributed by atoms with van der Waals surface area (Å²) >= 11 is 6.19. The van der Waals surface area contributed by atoms with E-state index in [-0.39, 0.29) is 11.8 Å². The number of aromatic nitrogens is 4. The molecular weight excluding hydrogens is 350 g/mol. The van der Waals surface area contributed by atoms with Crippen LogP contribution in [0.1, 0.15) is 0 Å². The van der Waals surface area contributed by atoms with Crippen molar-refractivity contribution in [3.05, 3.63) is 65.3 Å². The Kier molecular flexibility index (Phi) is 3.77. The van der Waals surface area contributed by atoms with Crippen LogP contribution in [-0.2, 0) is 0 Å². The summed E-state index contributed by atoms with van der Waals surface area (Å²) in [5.41, 5.74) is 1.74. The number of fused-ring (bicyclic) bond motifs is 1. The van der Waals surface area contributed by atoms with Crippen LogP contribution in [0, 0.1) is 11.6 Å². The molecule has 0 bridgehead atoms. The van der Waals surface area contributed by atoms with Gasteiger partial charge in [0.15, 0.2) is 17.2 Å². The first-order chi connectivity index (χ1) is 12.1. The fraction of sp³-hybridized carbons (Fsp3) is 0. The highest BCUT2D eigenvalue weighted by Gasteiger charge is 2.14. The number of nitrogens with one attached hydrogen (secondary N) is 1. The van der Waals surface area contributed by atoms with Gasteiger partial charge in [-0.2, -0.15) is 10.1 Å². The Balaban J connectivity index is 1.71. The fourth-order valence-corrected chi connectivity index (χ4v) is 2.58. The monoisotopic (exact) mass is 358 g/mol. The zero-order valence-corrected chi connectivity index (χ0v) is 13.3. The van der Waals surface area contributed by atoms with E-state index >= 15 is 0 Å². The molecular formula is C17H9ClF2N4O. The molecule has 0 aliphatic carbocycles. The molecule has 2 heterocycles. The number of halogens is 3. The van der Waals surface area contributed by atoms with E-state index in [0.717, 1.165) is 17.7 Å². The number of hydrogen-bond acceptors (Lipinski definition) is 4. The zero-order valence-electron chi connectivity index (χ0n) is 12.5. The predicted octanol–water partition coefficient (Wildman–Crippen LogP) is 4.74. The van der Waals surface area contributed by atoms with E-state index in [1.807, 2.05) is 18.2 Å². The highest BCUT2D eigenvalue weighted by atomic mass is 35.5. The lowest BCUT2D eigenvalue weighted by Crippen LogP contribution is -1.94. The third-order valence-corrected chi connectivity index (χ3v) is 3.85. The second-order valence-corrected chi connectivity index (χ2v) is 5.55. The Hall–Kier alpha value is -3.06. The molecule has 0 aliphatic heterocycles. The Labute approximate surface area is 145 Å². The quantitative estimate of drug-likeness (QED) is 0.574. The standard InChI is InChI=1S/C17H9ClF2N4O/c18-12-4-2-1-3-10(12)15-11-8-21-17(22-16(11)24-23-15)25-14-6-5-9(19)7-13(14)20/h1-8H,(H,21,22,23,24). The molecule has 4 rings (SSSR count). The summed E-state index contributed by atoms with van der Waals surface area (Å²) in [6.07, 6.45) is 1.50. The molecule has 0 aliphatic rings. The lowest BCUT2D eigenvalue weighted by Gasteiger charge is -2.05. The van der Waals surface area contributed by atoms with Crippen molar-refractivity contribution in [2.24, 2.45) is 0 Å². The summed E-state index contributed by atoms with van der Waals surface area (Å²) in [5.74, 6) is -1.71. The minimum absolute atomic E-state index is 0.0904. The Morgan fingerprint density at radius 3 is 2.72 bits per heavy atom. The van der Waals surface area contributed by atoms with Gasteiger partial charge in [0, 0.05) is 17.8 Å². The van der Waals surface area contributed by atoms with Gasteiger partial charge in [-0.3, -0.25) is 5.10 Å². The van der Waals surface area contributed by atoms with Crippen LogP contribution in [0.3, 0.4) is 0 Å². The molecule has 1 N–H and O–H groups in total. The topological polar surface area (TPSA) is 63.7 Å². The maximum atomic E-state index is 13.7. The van der Waals surface area contributed by atoms with Gasteiger partial charge in [0.1, 0.15) is 11.5 Å². The first kappa shape index (κ1) is 15.5. The molecule has 2 aromatic carbocycles. The summed E-state index contributed by atoms with van der Waals surface area (Å²) in [6, 6.07) is 10.1. The molecule has 8 heteroatoms. The molecule has 4 aromatic rings. The van der Waals surface area contributed by atoms with Crippen LogP contribution in [0.25, 0.3) is 22.3 Å². The molecule has 0 saturated carbocycles. The van der Waals surface area contributed by atoms with Crippen molar-refractivity contribution < 1.29 is 13.5 Å². The van der Waals surface area contributed by atoms with Crippen molar-refractivity contribution in [1.82, 2.24) is 20.2 Å². The highest BCUT2D eigenvalue weighted by Crippen LogP contribution is 2.31. The van der Waals surface area contributed by atoms with Crippen LogP contribution < -0.4 is 4.74 Å². The van der Waals surface area contributed by atoms with Crippen molar-refractivity contribution in [3.63, 3.8) is 0 Å². The number of aromatic amines is 1. The van der Waals surface area contributed by atoms with E-state index in [1.54, 1.807) is 6.07 Å². The van der Waals surface area contributed by atoms with Crippen LogP contribution in [0.2, 0.25) is 5.02 Å². The van der Waals surface area contributed by atoms with E-state index in [1.165, 1.54) is 12.3 Å². The maximum absolute atomic E-state index is 13.7. The van der Waals surface area contributed by atoms with E-state index in [9.17, 15) is 8.78 Å². The number of H-pyrrole nitrogens is 1. The molecule has 124 valence electrons. The third-order valence-electron chi connectivity index (χ3n) is 3.52. The molecule has 0 atom stereocenters. The number of ether oxygens (including phenoxy) is 1. The van der Waals surface area contributed by atoms with Crippen molar-refractivity contribution >= 4 is 22.6 Å². The lowest BCUT2D eigenvalue weighted by atomic mass is 10.1. The van der Waals surface area contributed by atoms with Crippen molar-refractivity contribution in [1.29, 1.82) is 0 Å². The molecule has 0 saturated heterocycles. The van der Waals surface area contributed by atoms with Gasteiger partial charge in [-0.1, -0.05) is 29.8 Å². The number of benzene rings is 2. The van der Waals surface area contributed by atoms with E-state index < -0.39 is 11.6 Å². The molecule has 0 fully saturated rings. The molecule has 25 heavy (non-hydrogen) atoms. The molecule has 2 aromatic heterocycles. The van der Waals surface area contributed by atoms with Gasteiger partial charge >= 0.3 is 6.01 Å². The zero-order chi connectivity index (χ0) is 17.4. The Bertz CT molecular complexity index is 1080. The third kappa shape index (κ3) is 2.89. The van der Waals surface area contributed by atoms with Crippen LogP contribution in [0.15, 0.2) is 48.7 Å². The maximum Gasteiger partial charge on any atom is 0.324 e. The van der Waals surface area contributed by atoms with Crippen LogP contribution in [0.5, 0.6) is 11.8 Å². The van der Waals surface area contributed by atoms with Crippen molar-refractivity contribution in [2.75, 3.05) is 0 Å². The van der Waals surface area contributed by atoms with Crippen LogP contribution in [-0.4, -0.2) is 20.2 Å². The molecule has 0 amide bonds. The summed E-state index contributed by atoms with van der Waals surface area (Å²) in [4.78, 5) is 8.21. The SMILES string of the molecule is Fc1ccc(Oc2ncc3c(-c4ccccc4Cl)n[nH]c3n2)c(F)c1. The van der Waals surface area contributed by atoms with E-state index in [0.29, 0.717) is 21.7 Å². The summed E-state index contributed by atoms with van der Waals surface area (Å²) in [6.45, 7) is 0. The van der Waals surface area contributed by atoms with Crippen molar-refractivity contribution in [2.45, 2.75) is 0 Å². The minimum Gasteiger partial charge on any atom is -0.421 e. The van der Waals surface area contributed by atoms with Gasteiger partial charge in [-0.25, -0.2) is 13.8 Å². The van der Waals surface area contributed by atoms with Crippen LogP contribution in [0.4, 0.5) is 8.78 Å². The first-order valence-corrected chi connectivity index (χ1v) is 7.58. The van der Waals surface area contributed by atoms with Gasteiger partial charge in [0.2, 0.25) is 0 Å². The lowest BCUT2D eigenvalue weighted by molar-refractivity contribution is 0.409. The highest BCUT2D eigenvalue weighted by molar-refractivity contribution is 6.33. The van der Waals surface area contributed by atoms with Gasteiger partial charge in [0.05, 0.1) is 10.4 Å². The van der Waals surface area contributed by atoms with Crippen LogP contribution >= 0.6 is 11.6 Å². The average Bonchev–Trinajstić information content (AvgIpc) is 3.01. The predicted molar refractivity (Wildman–Crippen MR) is 88.6 cm³/mol. The van der Waals surface area contributed by atoms with Gasteiger partial charge in [-0.15, -0.1) is 0 Å². The molecule has 5 nitrogen and oxygen atoms in total. The molecule has 0 unspecified atom stereocenters. The largest absolute Gasteiger partial charge is 0.421 e. The summed E-state index contributed by atoms with van der Waals surface area (Å²) < 4.78 is 31.9. The first-order valence-electron chi connectivity index (χ1n) is 7.21. The number of hydrogen-bond donors (Lipinski definition) is 1. The van der Waals surface area contributed by atoms with E-state index in [2.05, 4.69) is 20.2 Å². The smallest absolute Gasteiger partial charge is 0.324 e. The second-order valence-electron chi connectivity index (χ2n) is 5.14. The summed E-state index contributed by atoms with van der Waals surface area (Å²) in [7, 11) is 0. The number of nitrogens with zero attached hydrogens (tertiary/aromatic N) is 3. The molecule has 0 spiro atoms. The average molecular weight is 359 g/mol. The Morgan fingerprint density at radius 2 is 1.92 bits per heavy atom. The van der Waals surface area contributed by atoms with E-state index in [4.69, 9.17) is 16.3 Å². The summed E-state index contributed by atoms with van der Waals surface area (Å²) in [5, 5.41) is 8.17. The normalized spacial score (nSPS) is 11.0. The number of rotatable bonds is 3. The minimum atomic E-state index is -0.843. The van der Waals surface area contributed by atoms with Gasteiger partial charge in [-0.05, 0) is 18.2 Å². The van der Waals surface area contributed by atoms with Gasteiger partial charge < -0.3 is 4.74 Å². The second kappa shape index (κ2) is 6.10. The molecule has 0 radical (unpaired) electrons. The fourth-order valence-electron chi connectivity index (χ4n) is 2.36. The Morgan fingerprint density at radius 1 is 1.08 bits per heavy atom.